The minimum Gasteiger partial charge on any atom is -0.381 e. The van der Waals surface area contributed by atoms with Gasteiger partial charge in [-0.15, -0.1) is 0 Å². The van der Waals surface area contributed by atoms with E-state index < -0.39 is 44.1 Å². The van der Waals surface area contributed by atoms with Gasteiger partial charge in [0.25, 0.3) is 0 Å². The van der Waals surface area contributed by atoms with E-state index in [4.69, 9.17) is 16.3 Å². The summed E-state index contributed by atoms with van der Waals surface area (Å²) in [5.74, 6) is -0.629. The van der Waals surface area contributed by atoms with E-state index in [1.54, 1.807) is 0 Å². The standard InChI is InChI=1S/C23H26ClF3N2O4S/c1-16(29(34(2,31)32)18-8-9-20(24)19(14-18)23(25,26)27)21(30)28-15-22(10-12-33-13-11-22)17-6-4-3-5-7-17/h3-9,14,16H,10-13,15H2,1-2H3,(H,28,30)/t16-/m0/s1. The third-order valence-corrected chi connectivity index (χ3v) is 7.61. The summed E-state index contributed by atoms with van der Waals surface area (Å²) < 4.78 is 71.2. The zero-order chi connectivity index (χ0) is 25.1. The van der Waals surface area contributed by atoms with E-state index in [9.17, 15) is 26.4 Å². The first kappa shape index (κ1) is 26.3. The van der Waals surface area contributed by atoms with Gasteiger partial charge in [-0.25, -0.2) is 8.42 Å². The van der Waals surface area contributed by atoms with Crippen molar-refractivity contribution >= 4 is 33.2 Å². The molecule has 2 aromatic rings. The number of hydrogen-bond acceptors (Lipinski definition) is 4. The number of carbonyl (C=O) groups excluding carboxylic acids is 1. The molecule has 1 atom stereocenters. The maximum Gasteiger partial charge on any atom is 0.417 e. The third kappa shape index (κ3) is 5.84. The van der Waals surface area contributed by atoms with E-state index in [1.807, 2.05) is 30.3 Å². The highest BCUT2D eigenvalue weighted by molar-refractivity contribution is 7.92. The lowest BCUT2D eigenvalue weighted by Gasteiger charge is -2.38. The molecule has 1 N–H and O–H groups in total. The predicted molar refractivity (Wildman–Crippen MR) is 124 cm³/mol. The van der Waals surface area contributed by atoms with Gasteiger partial charge in [0.05, 0.1) is 22.5 Å². The molecule has 1 aliphatic heterocycles. The zero-order valence-corrected chi connectivity index (χ0v) is 20.3. The lowest BCUT2D eigenvalue weighted by atomic mass is 9.74. The fourth-order valence-corrected chi connectivity index (χ4v) is 5.59. The van der Waals surface area contributed by atoms with E-state index in [0.717, 1.165) is 24.0 Å². The van der Waals surface area contributed by atoms with Gasteiger partial charge in [-0.3, -0.25) is 9.10 Å². The van der Waals surface area contributed by atoms with Gasteiger partial charge >= 0.3 is 6.18 Å². The summed E-state index contributed by atoms with van der Waals surface area (Å²) in [5, 5.41) is 2.26. The van der Waals surface area contributed by atoms with Crippen LogP contribution in [0.3, 0.4) is 0 Å². The molecular formula is C23H26ClF3N2O4S. The number of alkyl halides is 3. The predicted octanol–water partition coefficient (Wildman–Crippen LogP) is 4.38. The average Bonchev–Trinajstić information content (AvgIpc) is 2.78. The van der Waals surface area contributed by atoms with Crippen molar-refractivity contribution in [3.05, 3.63) is 64.7 Å². The van der Waals surface area contributed by atoms with Crippen LogP contribution in [0.1, 0.15) is 30.9 Å². The fraction of sp³-hybridized carbons (Fsp3) is 0.435. The second-order valence-corrected chi connectivity index (χ2v) is 10.6. The smallest absolute Gasteiger partial charge is 0.381 e. The molecule has 0 saturated carbocycles. The quantitative estimate of drug-likeness (QED) is 0.590. The molecule has 0 spiro atoms. The first-order valence-corrected chi connectivity index (χ1v) is 12.8. The number of anilines is 1. The molecule has 0 aliphatic carbocycles. The molecule has 0 radical (unpaired) electrons. The maximum absolute atomic E-state index is 13.3. The van der Waals surface area contributed by atoms with E-state index in [1.165, 1.54) is 6.92 Å². The Morgan fingerprint density at radius 2 is 1.79 bits per heavy atom. The van der Waals surface area contributed by atoms with Crippen LogP contribution >= 0.6 is 11.6 Å². The van der Waals surface area contributed by atoms with Gasteiger partial charge in [0, 0.05) is 25.2 Å². The summed E-state index contributed by atoms with van der Waals surface area (Å²) in [6.45, 7) is 2.59. The normalized spacial score (nSPS) is 17.1. The van der Waals surface area contributed by atoms with Gasteiger partial charge < -0.3 is 10.1 Å². The highest BCUT2D eigenvalue weighted by atomic mass is 35.5. The molecule has 0 unspecified atom stereocenters. The van der Waals surface area contributed by atoms with Crippen LogP contribution in [0, 0.1) is 0 Å². The van der Waals surface area contributed by atoms with Crippen molar-refractivity contribution in [3.8, 4) is 0 Å². The van der Waals surface area contributed by atoms with Crippen LogP contribution in [0.5, 0.6) is 0 Å². The second kappa shape index (κ2) is 10.1. The summed E-state index contributed by atoms with van der Waals surface area (Å²) >= 11 is 5.67. The summed E-state index contributed by atoms with van der Waals surface area (Å²) in [5.41, 5.74) is -0.850. The molecule has 2 aromatic carbocycles. The van der Waals surface area contributed by atoms with Crippen molar-refractivity contribution in [3.63, 3.8) is 0 Å². The molecule has 186 valence electrons. The van der Waals surface area contributed by atoms with Crippen LogP contribution in [0.4, 0.5) is 18.9 Å². The van der Waals surface area contributed by atoms with Crippen LogP contribution in [-0.4, -0.2) is 46.4 Å². The average molecular weight is 519 g/mol. The minimum atomic E-state index is -4.78. The Labute approximate surface area is 202 Å². The number of halogens is 4. The van der Waals surface area contributed by atoms with Crippen LogP contribution in [-0.2, 0) is 31.1 Å². The Morgan fingerprint density at radius 3 is 2.35 bits per heavy atom. The highest BCUT2D eigenvalue weighted by Gasteiger charge is 2.38. The number of amides is 1. The SMILES string of the molecule is C[C@@H](C(=O)NCC1(c2ccccc2)CCOCC1)N(c1ccc(Cl)c(C(F)(F)F)c1)S(C)(=O)=O. The number of nitrogens with zero attached hydrogens (tertiary/aromatic N) is 1. The minimum absolute atomic E-state index is 0.232. The van der Waals surface area contributed by atoms with Crippen LogP contribution in [0.15, 0.2) is 48.5 Å². The molecule has 6 nitrogen and oxygen atoms in total. The lowest BCUT2D eigenvalue weighted by Crippen LogP contribution is -2.51. The topological polar surface area (TPSA) is 75.7 Å². The second-order valence-electron chi connectivity index (χ2n) is 8.37. The third-order valence-electron chi connectivity index (χ3n) is 6.04. The van der Waals surface area contributed by atoms with Crippen LogP contribution < -0.4 is 9.62 Å². The fourth-order valence-electron chi connectivity index (χ4n) is 4.20. The van der Waals surface area contributed by atoms with Gasteiger partial charge in [0.1, 0.15) is 6.04 Å². The van der Waals surface area contributed by atoms with Gasteiger partial charge in [-0.1, -0.05) is 41.9 Å². The molecule has 34 heavy (non-hydrogen) atoms. The number of hydrogen-bond donors (Lipinski definition) is 1. The molecule has 0 aromatic heterocycles. The molecule has 11 heteroatoms. The number of carbonyl (C=O) groups is 1. The van der Waals surface area contributed by atoms with E-state index in [0.29, 0.717) is 36.4 Å². The Morgan fingerprint density at radius 1 is 1.18 bits per heavy atom. The Hall–Kier alpha value is -2.30. The van der Waals surface area contributed by atoms with E-state index in [2.05, 4.69) is 5.32 Å². The molecule has 1 aliphatic rings. The number of nitrogens with one attached hydrogen (secondary N) is 1. The van der Waals surface area contributed by atoms with Gasteiger partial charge in [-0.2, -0.15) is 13.2 Å². The number of benzene rings is 2. The molecule has 0 bridgehead atoms. The van der Waals surface area contributed by atoms with Crippen molar-refractivity contribution in [1.29, 1.82) is 0 Å². The highest BCUT2D eigenvalue weighted by Crippen LogP contribution is 2.38. The van der Waals surface area contributed by atoms with Crippen molar-refractivity contribution in [2.24, 2.45) is 0 Å². The summed E-state index contributed by atoms with van der Waals surface area (Å²) in [4.78, 5) is 13.1. The van der Waals surface area contributed by atoms with Crippen molar-refractivity contribution in [1.82, 2.24) is 5.32 Å². The van der Waals surface area contributed by atoms with Gasteiger partial charge in [-0.05, 0) is 43.5 Å². The Bertz CT molecular complexity index is 1120. The Kier molecular flexibility index (Phi) is 7.84. The van der Waals surface area contributed by atoms with Gasteiger partial charge in [0.15, 0.2) is 0 Å². The van der Waals surface area contributed by atoms with Crippen LogP contribution in [0.2, 0.25) is 5.02 Å². The molecule has 1 heterocycles. The monoisotopic (exact) mass is 518 g/mol. The lowest BCUT2D eigenvalue weighted by molar-refractivity contribution is -0.137. The first-order valence-electron chi connectivity index (χ1n) is 10.6. The number of rotatable bonds is 7. The van der Waals surface area contributed by atoms with Crippen molar-refractivity contribution in [2.45, 2.75) is 37.4 Å². The molecule has 1 amide bonds. The Balaban J connectivity index is 1.87. The summed E-state index contributed by atoms with van der Waals surface area (Å²) in [6, 6.07) is 11.1. The largest absolute Gasteiger partial charge is 0.417 e. The molecular weight excluding hydrogens is 493 g/mol. The first-order chi connectivity index (χ1) is 15.8. The van der Waals surface area contributed by atoms with Gasteiger partial charge in [0.2, 0.25) is 15.9 Å². The molecule has 3 rings (SSSR count). The van der Waals surface area contributed by atoms with Crippen LogP contribution in [0.25, 0.3) is 0 Å². The number of ether oxygens (including phenoxy) is 1. The molecule has 1 saturated heterocycles. The molecule has 1 fully saturated rings. The summed E-state index contributed by atoms with van der Waals surface area (Å²) in [7, 11) is -4.11. The number of sulfonamides is 1. The van der Waals surface area contributed by atoms with Crippen molar-refractivity contribution in [2.75, 3.05) is 30.3 Å². The van der Waals surface area contributed by atoms with Crippen molar-refractivity contribution < 1.29 is 31.1 Å². The summed E-state index contributed by atoms with van der Waals surface area (Å²) in [6.07, 6.45) is -2.63. The maximum atomic E-state index is 13.3. The van der Waals surface area contributed by atoms with E-state index in [-0.39, 0.29) is 12.2 Å². The van der Waals surface area contributed by atoms with E-state index >= 15 is 0 Å². The zero-order valence-electron chi connectivity index (χ0n) is 18.7.